The first-order chi connectivity index (χ1) is 12.9. The lowest BCUT2D eigenvalue weighted by Gasteiger charge is -2.42. The number of carboxylic acid groups (broad SMARTS) is 1. The molecule has 2 N–H and O–H groups in total. The maximum atomic E-state index is 14.0. The van der Waals surface area contributed by atoms with E-state index >= 15 is 0 Å². The van der Waals surface area contributed by atoms with E-state index in [4.69, 9.17) is 16.7 Å². The van der Waals surface area contributed by atoms with Gasteiger partial charge in [-0.3, -0.25) is 14.5 Å². The zero-order valence-corrected chi connectivity index (χ0v) is 15.4. The number of aromatic nitrogens is 3. The predicted octanol–water partition coefficient (Wildman–Crippen LogP) is 1.73. The Bertz CT molecular complexity index is 853. The minimum absolute atomic E-state index is 0.0125. The lowest BCUT2D eigenvalue weighted by molar-refractivity contribution is -0.139. The van der Waals surface area contributed by atoms with Crippen molar-refractivity contribution in [1.29, 1.82) is 0 Å². The van der Waals surface area contributed by atoms with Crippen LogP contribution in [0, 0.1) is 5.82 Å². The summed E-state index contributed by atoms with van der Waals surface area (Å²) in [4.78, 5) is 25.0. The lowest BCUT2D eigenvalue weighted by Crippen LogP contribution is -2.54. The van der Waals surface area contributed by atoms with Crippen molar-refractivity contribution in [2.75, 3.05) is 13.1 Å². The van der Waals surface area contributed by atoms with Crippen LogP contribution in [-0.4, -0.2) is 62.0 Å². The molecule has 1 saturated carbocycles. The molecule has 10 heteroatoms. The van der Waals surface area contributed by atoms with Gasteiger partial charge in [-0.25, -0.2) is 9.07 Å². The number of likely N-dealkylation sites (N-methyl/N-ethyl adjacent to an activating group) is 1. The van der Waals surface area contributed by atoms with Gasteiger partial charge < -0.3 is 10.4 Å². The quantitative estimate of drug-likeness (QED) is 0.740. The minimum atomic E-state index is -0.866. The third kappa shape index (κ3) is 4.25. The van der Waals surface area contributed by atoms with Gasteiger partial charge in [-0.05, 0) is 31.5 Å². The number of nitrogens with one attached hydrogen (secondary N) is 1. The van der Waals surface area contributed by atoms with Crippen molar-refractivity contribution in [3.8, 4) is 5.69 Å². The van der Waals surface area contributed by atoms with Crippen LogP contribution in [0.2, 0.25) is 5.02 Å². The average Bonchev–Trinajstić information content (AvgIpc) is 3.08. The van der Waals surface area contributed by atoms with E-state index in [0.717, 1.165) is 4.68 Å². The third-order valence-electron chi connectivity index (χ3n) is 4.61. The summed E-state index contributed by atoms with van der Waals surface area (Å²) < 4.78 is 15.2. The molecular formula is C17H19ClFN5O3. The van der Waals surface area contributed by atoms with Crippen LogP contribution < -0.4 is 5.32 Å². The predicted molar refractivity (Wildman–Crippen MR) is 95.5 cm³/mol. The Hall–Kier alpha value is -2.52. The highest BCUT2D eigenvalue weighted by Gasteiger charge is 2.35. The summed E-state index contributed by atoms with van der Waals surface area (Å²) in [7, 11) is 0. The van der Waals surface area contributed by atoms with Crippen LogP contribution in [0.15, 0.2) is 24.4 Å². The van der Waals surface area contributed by atoms with Gasteiger partial charge in [0.25, 0.3) is 5.91 Å². The fourth-order valence-corrected chi connectivity index (χ4v) is 3.26. The van der Waals surface area contributed by atoms with Gasteiger partial charge in [0, 0.05) is 12.1 Å². The van der Waals surface area contributed by atoms with Crippen molar-refractivity contribution < 1.29 is 19.1 Å². The Morgan fingerprint density at radius 1 is 1.44 bits per heavy atom. The standard InChI is InChI=1S/C17H19ClFN5O3/c1-2-23(9-15(25)26)11-6-10(7-11)20-17(27)13-8-24(22-21-13)14-5-3-4-12(18)16(14)19/h3-5,8,10-11H,2,6-7,9H2,1H3,(H,20,27)(H,25,26). The molecule has 1 amide bonds. The van der Waals surface area contributed by atoms with Gasteiger partial charge in [-0.15, -0.1) is 5.10 Å². The number of nitrogens with zero attached hydrogens (tertiary/aromatic N) is 4. The normalized spacial score (nSPS) is 19.0. The molecule has 0 atom stereocenters. The van der Waals surface area contributed by atoms with Gasteiger partial charge in [-0.2, -0.15) is 0 Å². The number of hydrogen-bond acceptors (Lipinski definition) is 5. The van der Waals surface area contributed by atoms with Crippen molar-refractivity contribution in [3.05, 3.63) is 40.9 Å². The van der Waals surface area contributed by atoms with Gasteiger partial charge in [0.05, 0.1) is 17.8 Å². The molecule has 0 saturated heterocycles. The minimum Gasteiger partial charge on any atom is -0.480 e. The van der Waals surface area contributed by atoms with E-state index in [9.17, 15) is 14.0 Å². The SMILES string of the molecule is CCN(CC(=O)O)C1CC(NC(=O)c2cn(-c3cccc(Cl)c3F)nn2)C1. The molecule has 8 nitrogen and oxygen atoms in total. The van der Waals surface area contributed by atoms with Gasteiger partial charge >= 0.3 is 5.97 Å². The zero-order valence-electron chi connectivity index (χ0n) is 14.6. The summed E-state index contributed by atoms with van der Waals surface area (Å²) in [5, 5.41) is 19.3. The van der Waals surface area contributed by atoms with Crippen molar-refractivity contribution in [2.45, 2.75) is 31.8 Å². The van der Waals surface area contributed by atoms with Crippen LogP contribution in [-0.2, 0) is 4.79 Å². The number of benzene rings is 1. The Balaban J connectivity index is 1.58. The molecule has 3 rings (SSSR count). The first-order valence-electron chi connectivity index (χ1n) is 8.52. The highest BCUT2D eigenvalue weighted by molar-refractivity contribution is 6.30. The van der Waals surface area contributed by atoms with Gasteiger partial charge in [-0.1, -0.05) is 29.8 Å². The van der Waals surface area contributed by atoms with Gasteiger partial charge in [0.1, 0.15) is 5.69 Å². The highest BCUT2D eigenvalue weighted by Crippen LogP contribution is 2.26. The van der Waals surface area contributed by atoms with E-state index < -0.39 is 17.7 Å². The molecule has 0 aliphatic heterocycles. The van der Waals surface area contributed by atoms with Crippen molar-refractivity contribution in [2.24, 2.45) is 0 Å². The largest absolute Gasteiger partial charge is 0.480 e. The van der Waals surface area contributed by atoms with E-state index in [-0.39, 0.29) is 35.0 Å². The lowest BCUT2D eigenvalue weighted by atomic mass is 9.85. The second-order valence-corrected chi connectivity index (χ2v) is 6.78. The number of aliphatic carboxylic acids is 1. The molecule has 27 heavy (non-hydrogen) atoms. The second-order valence-electron chi connectivity index (χ2n) is 6.37. The third-order valence-corrected chi connectivity index (χ3v) is 4.91. The number of amides is 1. The van der Waals surface area contributed by atoms with E-state index in [1.165, 1.54) is 18.3 Å². The van der Waals surface area contributed by atoms with E-state index in [1.807, 2.05) is 11.8 Å². The van der Waals surface area contributed by atoms with Crippen LogP contribution in [0.5, 0.6) is 0 Å². The molecule has 0 spiro atoms. The summed E-state index contributed by atoms with van der Waals surface area (Å²) in [6, 6.07) is 4.55. The van der Waals surface area contributed by atoms with Crippen LogP contribution >= 0.6 is 11.6 Å². The number of halogens is 2. The Morgan fingerprint density at radius 2 is 2.19 bits per heavy atom. The van der Waals surface area contributed by atoms with E-state index in [1.54, 1.807) is 6.07 Å². The molecule has 1 aromatic carbocycles. The van der Waals surface area contributed by atoms with E-state index in [2.05, 4.69) is 15.6 Å². The van der Waals surface area contributed by atoms with Crippen LogP contribution in [0.25, 0.3) is 5.69 Å². The molecule has 1 aromatic heterocycles. The maximum Gasteiger partial charge on any atom is 0.317 e. The molecule has 0 unspecified atom stereocenters. The molecule has 0 bridgehead atoms. The summed E-state index contributed by atoms with van der Waals surface area (Å²) >= 11 is 5.75. The fourth-order valence-electron chi connectivity index (χ4n) is 3.09. The summed E-state index contributed by atoms with van der Waals surface area (Å²) in [6.07, 6.45) is 2.68. The number of carboxylic acids is 1. The first-order valence-corrected chi connectivity index (χ1v) is 8.90. The molecular weight excluding hydrogens is 377 g/mol. The summed E-state index contributed by atoms with van der Waals surface area (Å²) in [5.41, 5.74) is 0.167. The number of carbonyl (C=O) groups is 2. The van der Waals surface area contributed by atoms with Gasteiger partial charge in [0.2, 0.25) is 0 Å². The smallest absolute Gasteiger partial charge is 0.317 e. The summed E-state index contributed by atoms with van der Waals surface area (Å²) in [5.74, 6) is -1.92. The number of rotatable bonds is 7. The van der Waals surface area contributed by atoms with Crippen molar-refractivity contribution in [1.82, 2.24) is 25.2 Å². The van der Waals surface area contributed by atoms with Crippen LogP contribution in [0.3, 0.4) is 0 Å². The van der Waals surface area contributed by atoms with Crippen molar-refractivity contribution >= 4 is 23.5 Å². The van der Waals surface area contributed by atoms with E-state index in [0.29, 0.717) is 19.4 Å². The number of carbonyl (C=O) groups excluding carboxylic acids is 1. The molecule has 1 aliphatic rings. The Kier molecular flexibility index (Phi) is 5.71. The summed E-state index contributed by atoms with van der Waals surface area (Å²) in [6.45, 7) is 2.53. The second kappa shape index (κ2) is 8.01. The number of hydrogen-bond donors (Lipinski definition) is 2. The monoisotopic (exact) mass is 395 g/mol. The maximum absolute atomic E-state index is 14.0. The van der Waals surface area contributed by atoms with Crippen molar-refractivity contribution in [3.63, 3.8) is 0 Å². The van der Waals surface area contributed by atoms with Gasteiger partial charge in [0.15, 0.2) is 11.5 Å². The zero-order chi connectivity index (χ0) is 19.6. The van der Waals surface area contributed by atoms with Crippen LogP contribution in [0.4, 0.5) is 4.39 Å². The molecule has 0 radical (unpaired) electrons. The van der Waals surface area contributed by atoms with Crippen LogP contribution in [0.1, 0.15) is 30.3 Å². The highest BCUT2D eigenvalue weighted by atomic mass is 35.5. The average molecular weight is 396 g/mol. The topological polar surface area (TPSA) is 100 Å². The molecule has 2 aromatic rings. The Morgan fingerprint density at radius 3 is 2.85 bits per heavy atom. The molecule has 1 aliphatic carbocycles. The first kappa shape index (κ1) is 19.2. The fraction of sp³-hybridized carbons (Fsp3) is 0.412. The Labute approximate surface area is 159 Å². The molecule has 1 fully saturated rings. The molecule has 144 valence electrons. The molecule has 1 heterocycles.